The Labute approximate surface area is 260 Å². The van der Waals surface area contributed by atoms with Gasteiger partial charge in [0.25, 0.3) is 0 Å². The number of rotatable bonds is 4. The standard InChI is InChI=1S/C20H26Si.2C7H5F3O.Zr/c1-21(2,19-11-15-7-3-4-8-16(15)12-19)20-13-17-9-5-6-10-18(17)14-20;2*8-7(9,10)5-1-3-6(11)4-2-5;/h11-14H,3-10H2,1-2H3;2*1-4,11H;/q;;;+2/p-2. The summed E-state index contributed by atoms with van der Waals surface area (Å²) in [5.74, 6) is 0.658. The molecule has 1 heterocycles. The van der Waals surface area contributed by atoms with E-state index in [1.54, 1.807) is 0 Å². The van der Waals surface area contributed by atoms with Gasteiger partial charge < -0.3 is 0 Å². The SMILES string of the molecule is C[Si]1(C)C2=CC3=C(CCCC3)[CH]2[Zr]([O]c2ccc(C(F)(F)F)cc2)([O]c2ccc(C(F)(F)F)cc2)[CH]2C1=CC1=C2CCCC1. The second kappa shape index (κ2) is 10.6. The Morgan fingerprint density at radius 3 is 1.32 bits per heavy atom. The molecule has 0 aromatic heterocycles. The summed E-state index contributed by atoms with van der Waals surface area (Å²) >= 11 is -4.77. The summed E-state index contributed by atoms with van der Waals surface area (Å²) in [6, 6.07) is 9.72. The number of halogens is 6. The van der Waals surface area contributed by atoms with E-state index in [4.69, 9.17) is 5.63 Å². The van der Waals surface area contributed by atoms with Gasteiger partial charge in [-0.25, -0.2) is 0 Å². The van der Waals surface area contributed by atoms with Crippen molar-refractivity contribution in [3.63, 3.8) is 0 Å². The van der Waals surface area contributed by atoms with Gasteiger partial charge in [-0.3, -0.25) is 0 Å². The van der Waals surface area contributed by atoms with Crippen LogP contribution in [0.25, 0.3) is 0 Å². The molecule has 0 N–H and O–H groups in total. The average Bonchev–Trinajstić information content (AvgIpc) is 3.58. The molecule has 2 aromatic carbocycles. The molecule has 0 amide bonds. The van der Waals surface area contributed by atoms with Gasteiger partial charge in [-0.2, -0.15) is 0 Å². The first-order valence-electron chi connectivity index (χ1n) is 15.4. The zero-order valence-corrected chi connectivity index (χ0v) is 28.1. The molecule has 1 aliphatic heterocycles. The predicted octanol–water partition coefficient (Wildman–Crippen LogP) is 11.2. The van der Waals surface area contributed by atoms with E-state index in [9.17, 15) is 26.3 Å². The van der Waals surface area contributed by atoms with Crippen molar-refractivity contribution in [2.45, 2.75) is 84.1 Å². The molecule has 4 aliphatic carbocycles. The van der Waals surface area contributed by atoms with Crippen LogP contribution in [0.4, 0.5) is 26.3 Å². The van der Waals surface area contributed by atoms with Crippen molar-refractivity contribution in [2.24, 2.45) is 0 Å². The van der Waals surface area contributed by atoms with Crippen LogP contribution in [0.15, 0.2) is 93.4 Å². The summed E-state index contributed by atoms with van der Waals surface area (Å²) < 4.78 is 95.3. The Morgan fingerprint density at radius 2 is 0.955 bits per heavy atom. The van der Waals surface area contributed by atoms with Gasteiger partial charge in [-0.05, 0) is 0 Å². The fraction of sp³-hybridized carbons (Fsp3) is 0.412. The molecule has 0 bridgehead atoms. The molecule has 0 saturated carbocycles. The van der Waals surface area contributed by atoms with E-state index in [1.807, 2.05) is 0 Å². The number of fused-ring (bicyclic) bond motifs is 4. The van der Waals surface area contributed by atoms with Crippen LogP contribution in [0, 0.1) is 0 Å². The Morgan fingerprint density at radius 1 is 0.591 bits per heavy atom. The van der Waals surface area contributed by atoms with Gasteiger partial charge in [0.2, 0.25) is 0 Å². The predicted molar refractivity (Wildman–Crippen MR) is 156 cm³/mol. The van der Waals surface area contributed by atoms with Gasteiger partial charge in [0, 0.05) is 0 Å². The molecule has 0 radical (unpaired) electrons. The Kier molecular flexibility index (Phi) is 7.32. The summed E-state index contributed by atoms with van der Waals surface area (Å²) in [4.78, 5) is 0. The third-order valence-corrected chi connectivity index (χ3v) is 25.4. The zero-order valence-electron chi connectivity index (χ0n) is 24.7. The fourth-order valence-corrected chi connectivity index (χ4v) is 30.2. The van der Waals surface area contributed by atoms with Gasteiger partial charge in [-0.1, -0.05) is 0 Å². The normalized spacial score (nSPS) is 25.5. The molecule has 1 fully saturated rings. The van der Waals surface area contributed by atoms with Crippen LogP contribution in [0.2, 0.25) is 20.3 Å². The molecule has 10 heteroatoms. The summed E-state index contributed by atoms with van der Waals surface area (Å²) in [5, 5.41) is 2.72. The first kappa shape index (κ1) is 30.3. The maximum atomic E-state index is 13.5. The zero-order chi connectivity index (χ0) is 31.1. The number of alkyl halides is 6. The van der Waals surface area contributed by atoms with Gasteiger partial charge in [0.1, 0.15) is 0 Å². The topological polar surface area (TPSA) is 18.5 Å². The molecule has 2 aromatic rings. The molecule has 2 unspecified atom stereocenters. The molecular weight excluding hydrogens is 674 g/mol. The first-order chi connectivity index (χ1) is 20.8. The van der Waals surface area contributed by atoms with Crippen LogP contribution in [-0.2, 0) is 33.5 Å². The van der Waals surface area contributed by atoms with Crippen molar-refractivity contribution in [3.8, 4) is 11.5 Å². The third kappa shape index (κ3) is 4.94. The van der Waals surface area contributed by atoms with Gasteiger partial charge in [0.05, 0.1) is 0 Å². The summed E-state index contributed by atoms with van der Waals surface area (Å²) in [6.07, 6.45) is 3.86. The van der Waals surface area contributed by atoms with E-state index in [2.05, 4.69) is 25.2 Å². The Hall–Kier alpha value is -2.32. The molecular formula is C34H34F6O2SiZr. The van der Waals surface area contributed by atoms with Gasteiger partial charge in [0.15, 0.2) is 0 Å². The van der Waals surface area contributed by atoms with E-state index in [0.717, 1.165) is 75.6 Å². The number of benzene rings is 2. The van der Waals surface area contributed by atoms with Crippen molar-refractivity contribution in [2.75, 3.05) is 0 Å². The van der Waals surface area contributed by atoms with Crippen LogP contribution < -0.4 is 5.63 Å². The summed E-state index contributed by atoms with van der Waals surface area (Å²) in [7, 11) is -2.18. The number of hydrogen-bond donors (Lipinski definition) is 0. The second-order valence-corrected chi connectivity index (χ2v) is 25.0. The van der Waals surface area contributed by atoms with Crippen molar-refractivity contribution < 1.29 is 53.1 Å². The first-order valence-corrected chi connectivity index (χ1v) is 23.2. The molecule has 0 spiro atoms. The van der Waals surface area contributed by atoms with Crippen LogP contribution in [0.3, 0.4) is 0 Å². The van der Waals surface area contributed by atoms with Crippen molar-refractivity contribution in [1.82, 2.24) is 0 Å². The third-order valence-electron chi connectivity index (χ3n) is 10.3. The minimum atomic E-state index is -4.77. The molecule has 1 saturated heterocycles. The molecule has 2 nitrogen and oxygen atoms in total. The monoisotopic (exact) mass is 706 g/mol. The van der Waals surface area contributed by atoms with E-state index < -0.39 is 52.7 Å². The molecule has 5 aliphatic rings. The molecule has 44 heavy (non-hydrogen) atoms. The summed E-state index contributed by atoms with van der Waals surface area (Å²) in [6.45, 7) is 4.79. The summed E-state index contributed by atoms with van der Waals surface area (Å²) in [5.41, 5.74) is 3.84. The van der Waals surface area contributed by atoms with Crippen molar-refractivity contribution in [1.29, 1.82) is 0 Å². The quantitative estimate of drug-likeness (QED) is 0.233. The molecule has 2 atom stereocenters. The van der Waals surface area contributed by atoms with E-state index >= 15 is 0 Å². The Balaban J connectivity index is 1.44. The van der Waals surface area contributed by atoms with Crippen LogP contribution in [0.5, 0.6) is 11.5 Å². The van der Waals surface area contributed by atoms with E-state index in [1.165, 1.54) is 57.0 Å². The van der Waals surface area contributed by atoms with Crippen molar-refractivity contribution in [3.05, 3.63) is 104 Å². The number of allylic oxidation sites excluding steroid dienone is 8. The Bertz CT molecular complexity index is 1490. The van der Waals surface area contributed by atoms with E-state index in [0.29, 0.717) is 11.5 Å². The van der Waals surface area contributed by atoms with E-state index in [-0.39, 0.29) is 7.25 Å². The van der Waals surface area contributed by atoms with Crippen LogP contribution >= 0.6 is 0 Å². The van der Waals surface area contributed by atoms with Gasteiger partial charge in [-0.15, -0.1) is 0 Å². The molecule has 232 valence electrons. The van der Waals surface area contributed by atoms with Crippen molar-refractivity contribution >= 4 is 8.07 Å². The molecule has 7 rings (SSSR count). The number of hydrogen-bond acceptors (Lipinski definition) is 2. The minimum absolute atomic E-state index is 0.0817. The second-order valence-electron chi connectivity index (χ2n) is 13.2. The van der Waals surface area contributed by atoms with Crippen LogP contribution in [0.1, 0.15) is 62.5 Å². The maximum absolute atomic E-state index is 13.5. The fourth-order valence-electron chi connectivity index (χ4n) is 8.19. The van der Waals surface area contributed by atoms with Gasteiger partial charge >= 0.3 is 261 Å². The van der Waals surface area contributed by atoms with Crippen LogP contribution in [-0.4, -0.2) is 8.07 Å². The average molecular weight is 708 g/mol.